The zero-order chi connectivity index (χ0) is 8.53. The van der Waals surface area contributed by atoms with Crippen LogP contribution in [-0.2, 0) is 17.1 Å². The molecule has 0 atom stereocenters. The molecule has 0 saturated carbocycles. The molecule has 0 fully saturated rings. The van der Waals surface area contributed by atoms with Crippen LogP contribution >= 0.6 is 0 Å². The van der Waals surface area contributed by atoms with Crippen molar-refractivity contribution in [3.63, 3.8) is 0 Å². The summed E-state index contributed by atoms with van der Waals surface area (Å²) >= 11 is 0. The van der Waals surface area contributed by atoms with Crippen molar-refractivity contribution in [3.05, 3.63) is 0 Å². The van der Waals surface area contributed by atoms with Crippen molar-refractivity contribution in [3.8, 4) is 0 Å². The molecule has 0 unspecified atom stereocenters. The number of rotatable bonds is 7. The first kappa shape index (κ1) is 29.9. The number of unbranched alkanes of at least 4 members (excludes halogenated alkanes) is 5. The normalized spacial score (nSPS) is 8.00. The van der Waals surface area contributed by atoms with E-state index in [0.717, 1.165) is 0 Å². The van der Waals surface area contributed by atoms with Gasteiger partial charge in [-0.2, -0.15) is 0 Å². The van der Waals surface area contributed by atoms with Crippen molar-refractivity contribution in [2.24, 2.45) is 0 Å². The van der Waals surface area contributed by atoms with E-state index in [4.69, 9.17) is 0 Å². The zero-order valence-corrected chi connectivity index (χ0v) is 13.3. The minimum Gasteiger partial charge on any atom is -1.00 e. The fraction of sp³-hybridized carbons (Fsp3) is 1.00. The molecule has 97 valence electrons. The number of nitrogens with zero attached hydrogens (tertiary/aromatic N) is 1. The molecular weight excluding hydrogens is 296 g/mol. The summed E-state index contributed by atoms with van der Waals surface area (Å²) < 4.78 is 0. The van der Waals surface area contributed by atoms with Crippen LogP contribution in [0.3, 0.4) is 0 Å². The Morgan fingerprint density at radius 3 is 1.53 bits per heavy atom. The molecule has 0 saturated heterocycles. The van der Waals surface area contributed by atoms with Gasteiger partial charge in [-0.3, -0.25) is 0 Å². The third-order valence-electron chi connectivity index (χ3n) is 1.96. The van der Waals surface area contributed by atoms with Gasteiger partial charge in [-0.05, 0) is 27.1 Å². The molecule has 0 N–H and O–H groups in total. The molecule has 0 aromatic carbocycles. The predicted octanol–water partition coefficient (Wildman–Crippen LogP) is -6.08. The molecule has 0 amide bonds. The first-order valence-corrected chi connectivity index (χ1v) is 4.92. The minimum absolute atomic E-state index is 0. The summed E-state index contributed by atoms with van der Waals surface area (Å²) in [6, 6.07) is 0. The number of halogens is 3. The van der Waals surface area contributed by atoms with E-state index in [2.05, 4.69) is 25.9 Å². The Labute approximate surface area is 125 Å². The van der Waals surface area contributed by atoms with Crippen LogP contribution in [0.2, 0.25) is 0 Å². The van der Waals surface area contributed by atoms with Crippen LogP contribution in [-0.4, -0.2) is 25.5 Å². The first-order chi connectivity index (χ1) is 5.27. The molecule has 1 radical (unpaired) electrons. The fourth-order valence-corrected chi connectivity index (χ4v) is 1.21. The van der Waals surface area contributed by atoms with Gasteiger partial charge in [0.1, 0.15) is 0 Å². The Balaban J connectivity index is -0.0000000833. The van der Waals surface area contributed by atoms with Gasteiger partial charge in [0.25, 0.3) is 0 Å². The molecule has 0 spiro atoms. The van der Waals surface area contributed by atoms with Gasteiger partial charge in [0.05, 0.1) is 0 Å². The molecule has 0 aliphatic rings. The molecule has 15 heavy (non-hydrogen) atoms. The van der Waals surface area contributed by atoms with E-state index in [1.165, 1.54) is 45.1 Å². The Morgan fingerprint density at radius 1 is 0.733 bits per heavy atom. The van der Waals surface area contributed by atoms with Crippen LogP contribution in [0.25, 0.3) is 0 Å². The summed E-state index contributed by atoms with van der Waals surface area (Å²) in [5, 5.41) is 0. The van der Waals surface area contributed by atoms with Crippen LogP contribution < -0.4 is 37.2 Å². The molecule has 5 heteroatoms. The third kappa shape index (κ3) is 31.3. The van der Waals surface area contributed by atoms with Crippen LogP contribution in [0.5, 0.6) is 0 Å². The van der Waals surface area contributed by atoms with E-state index in [-0.39, 0.29) is 54.3 Å². The fourth-order valence-electron chi connectivity index (χ4n) is 1.21. The van der Waals surface area contributed by atoms with Gasteiger partial charge < -0.3 is 42.1 Å². The average Bonchev–Trinajstić information content (AvgIpc) is 1.96. The Morgan fingerprint density at radius 2 is 1.13 bits per heavy atom. The molecular formula is C10H23Cl3FeN. The van der Waals surface area contributed by atoms with Gasteiger partial charge >= 0.3 is 17.1 Å². The smallest absolute Gasteiger partial charge is 1.00 e. The topological polar surface area (TPSA) is 3.24 Å². The standard InChI is InChI=1S/C10H23N.3ClH.Fe/c1-4-5-6-7-8-9-10-11(2)3;;;;/h4-10H2,1-3H3;3*1H;/q;;;;+3/p-3. The number of hydrogen-bond acceptors (Lipinski definition) is 1. The van der Waals surface area contributed by atoms with E-state index < -0.39 is 0 Å². The van der Waals surface area contributed by atoms with Crippen molar-refractivity contribution < 1.29 is 54.3 Å². The van der Waals surface area contributed by atoms with Crippen LogP contribution in [0, 0.1) is 0 Å². The molecule has 0 bridgehead atoms. The van der Waals surface area contributed by atoms with Crippen LogP contribution in [0.1, 0.15) is 45.4 Å². The van der Waals surface area contributed by atoms with Crippen molar-refractivity contribution in [2.75, 3.05) is 20.6 Å². The van der Waals surface area contributed by atoms with Gasteiger partial charge in [0.2, 0.25) is 0 Å². The summed E-state index contributed by atoms with van der Waals surface area (Å²) in [7, 11) is 4.29. The summed E-state index contributed by atoms with van der Waals surface area (Å²) in [5.74, 6) is 0. The van der Waals surface area contributed by atoms with Crippen molar-refractivity contribution in [1.29, 1.82) is 0 Å². The van der Waals surface area contributed by atoms with Crippen molar-refractivity contribution in [2.45, 2.75) is 45.4 Å². The number of hydrogen-bond donors (Lipinski definition) is 0. The average molecular weight is 320 g/mol. The molecule has 0 aromatic heterocycles. The van der Waals surface area contributed by atoms with Gasteiger partial charge in [-0.1, -0.05) is 39.0 Å². The second kappa shape index (κ2) is 24.5. The SMILES string of the molecule is CCCCCCCCN(C)C.[Cl-].[Cl-].[Cl-].[Fe+3]. The Bertz CT molecular complexity index is 85.1. The summed E-state index contributed by atoms with van der Waals surface area (Å²) in [4.78, 5) is 2.26. The summed E-state index contributed by atoms with van der Waals surface area (Å²) in [5.41, 5.74) is 0. The van der Waals surface area contributed by atoms with E-state index in [0.29, 0.717) is 0 Å². The third-order valence-corrected chi connectivity index (χ3v) is 1.96. The Hall–Kier alpha value is 1.35. The van der Waals surface area contributed by atoms with Crippen molar-refractivity contribution >= 4 is 0 Å². The second-order valence-corrected chi connectivity index (χ2v) is 3.57. The van der Waals surface area contributed by atoms with Crippen molar-refractivity contribution in [1.82, 2.24) is 4.90 Å². The zero-order valence-electron chi connectivity index (χ0n) is 9.88. The molecule has 0 aliphatic heterocycles. The molecule has 0 aliphatic carbocycles. The maximum Gasteiger partial charge on any atom is 3.00 e. The quantitative estimate of drug-likeness (QED) is 0.334. The van der Waals surface area contributed by atoms with E-state index in [9.17, 15) is 0 Å². The van der Waals surface area contributed by atoms with Crippen LogP contribution in [0.4, 0.5) is 0 Å². The first-order valence-electron chi connectivity index (χ1n) is 4.92. The molecule has 0 heterocycles. The molecule has 0 rings (SSSR count). The van der Waals surface area contributed by atoms with Gasteiger partial charge in [0, 0.05) is 0 Å². The van der Waals surface area contributed by atoms with E-state index in [1.807, 2.05) is 0 Å². The minimum atomic E-state index is 0. The monoisotopic (exact) mass is 318 g/mol. The largest absolute Gasteiger partial charge is 3.00 e. The van der Waals surface area contributed by atoms with E-state index >= 15 is 0 Å². The molecule has 0 aromatic rings. The van der Waals surface area contributed by atoms with Gasteiger partial charge in [0.15, 0.2) is 0 Å². The maximum absolute atomic E-state index is 2.26. The maximum atomic E-state index is 2.26. The summed E-state index contributed by atoms with van der Waals surface area (Å²) in [6.45, 7) is 3.52. The van der Waals surface area contributed by atoms with Gasteiger partial charge in [-0.25, -0.2) is 0 Å². The van der Waals surface area contributed by atoms with Crippen LogP contribution in [0.15, 0.2) is 0 Å². The molecule has 1 nitrogen and oxygen atoms in total. The Kier molecular flexibility index (Phi) is 48.9. The second-order valence-electron chi connectivity index (χ2n) is 3.57. The summed E-state index contributed by atoms with van der Waals surface area (Å²) in [6.07, 6.45) is 8.43. The predicted molar refractivity (Wildman–Crippen MR) is 51.9 cm³/mol. The van der Waals surface area contributed by atoms with E-state index in [1.54, 1.807) is 0 Å². The van der Waals surface area contributed by atoms with Gasteiger partial charge in [-0.15, -0.1) is 0 Å².